The van der Waals surface area contributed by atoms with E-state index in [4.69, 9.17) is 0 Å². The van der Waals surface area contributed by atoms with Gasteiger partial charge < -0.3 is 9.88 Å². The summed E-state index contributed by atoms with van der Waals surface area (Å²) in [4.78, 5) is 17.1. The second-order valence-corrected chi connectivity index (χ2v) is 9.04. The highest BCUT2D eigenvalue weighted by atomic mass is 32.2. The van der Waals surface area contributed by atoms with Crippen LogP contribution in [0, 0.1) is 6.92 Å². The van der Waals surface area contributed by atoms with Crippen LogP contribution in [-0.4, -0.2) is 42.3 Å². The van der Waals surface area contributed by atoms with Crippen LogP contribution in [-0.2, 0) is 27.5 Å². The van der Waals surface area contributed by atoms with E-state index < -0.39 is 21.5 Å². The van der Waals surface area contributed by atoms with E-state index in [1.807, 2.05) is 6.92 Å². The van der Waals surface area contributed by atoms with Crippen molar-refractivity contribution in [3.05, 3.63) is 29.0 Å². The molecule has 3 heterocycles. The Labute approximate surface area is 150 Å². The Kier molecular flexibility index (Phi) is 2.99. The molecule has 2 aromatic heterocycles. The van der Waals surface area contributed by atoms with Gasteiger partial charge in [0.1, 0.15) is 11.4 Å². The molecule has 2 N–H and O–H groups in total. The summed E-state index contributed by atoms with van der Waals surface area (Å²) in [5.74, 6) is -0.882. The molecule has 0 unspecified atom stereocenters. The minimum Gasteiger partial charge on any atom is -0.353 e. The summed E-state index contributed by atoms with van der Waals surface area (Å²) in [6.45, 7) is 2.02. The molecule has 3 aromatic rings. The van der Waals surface area contributed by atoms with Gasteiger partial charge in [0.15, 0.2) is 9.84 Å². The number of rotatable bonds is 0. The Bertz CT molecular complexity index is 1200. The number of aromatic amines is 2. The highest BCUT2D eigenvalue weighted by molar-refractivity contribution is 7.92. The Balaban J connectivity index is 1.84. The van der Waals surface area contributed by atoms with Crippen LogP contribution in [0.25, 0.3) is 22.3 Å². The number of amides is 1. The van der Waals surface area contributed by atoms with Crippen molar-refractivity contribution in [1.29, 1.82) is 0 Å². The van der Waals surface area contributed by atoms with Gasteiger partial charge >= 0.3 is 0 Å². The minimum atomic E-state index is -3.61. The lowest BCUT2D eigenvalue weighted by molar-refractivity contribution is -0.116. The largest absolute Gasteiger partial charge is 0.353 e. The second-order valence-electron chi connectivity index (χ2n) is 7.09. The van der Waals surface area contributed by atoms with Crippen LogP contribution in [0.4, 0.5) is 5.69 Å². The molecule has 0 saturated carbocycles. The number of hydrogen-bond donors (Lipinski definition) is 2. The molecular weight excluding hydrogens is 352 g/mol. The predicted molar refractivity (Wildman–Crippen MR) is 98.1 cm³/mol. The summed E-state index contributed by atoms with van der Waals surface area (Å²) in [6.07, 6.45) is 2.79. The van der Waals surface area contributed by atoms with Crippen molar-refractivity contribution in [2.75, 3.05) is 17.7 Å². The third kappa shape index (κ3) is 1.96. The second kappa shape index (κ2) is 4.97. The number of sulfone groups is 1. The molecular formula is C18H18N4O3S. The summed E-state index contributed by atoms with van der Waals surface area (Å²) in [5.41, 5.74) is 6.51. The number of aryl methyl sites for hydroxylation is 2. The van der Waals surface area contributed by atoms with Gasteiger partial charge in [0.25, 0.3) is 0 Å². The van der Waals surface area contributed by atoms with Crippen LogP contribution < -0.4 is 4.90 Å². The van der Waals surface area contributed by atoms with Crippen molar-refractivity contribution in [2.24, 2.45) is 0 Å². The zero-order chi connectivity index (χ0) is 18.2. The zero-order valence-corrected chi connectivity index (χ0v) is 15.3. The number of nitrogens with one attached hydrogen (secondary N) is 2. The van der Waals surface area contributed by atoms with Crippen molar-refractivity contribution in [3.8, 4) is 11.4 Å². The Morgan fingerprint density at radius 2 is 1.96 bits per heavy atom. The van der Waals surface area contributed by atoms with E-state index in [-0.39, 0.29) is 4.90 Å². The highest BCUT2D eigenvalue weighted by Gasteiger charge is 2.34. The maximum absolute atomic E-state index is 12.6. The molecule has 1 aliphatic heterocycles. The normalized spacial score (nSPS) is 18.4. The van der Waals surface area contributed by atoms with Crippen LogP contribution in [0.5, 0.6) is 0 Å². The summed E-state index contributed by atoms with van der Waals surface area (Å²) in [7, 11) is -2.00. The molecule has 7 nitrogen and oxygen atoms in total. The molecule has 8 heteroatoms. The van der Waals surface area contributed by atoms with Gasteiger partial charge in [-0.2, -0.15) is 5.10 Å². The third-order valence-corrected chi connectivity index (χ3v) is 7.16. The lowest BCUT2D eigenvalue weighted by atomic mass is 10.1. The number of H-pyrrole nitrogens is 2. The first-order chi connectivity index (χ1) is 12.4. The minimum absolute atomic E-state index is 0.233. The molecule has 2 aliphatic rings. The molecule has 1 aliphatic carbocycles. The van der Waals surface area contributed by atoms with Crippen LogP contribution in [0.15, 0.2) is 17.0 Å². The van der Waals surface area contributed by atoms with Crippen molar-refractivity contribution < 1.29 is 13.2 Å². The van der Waals surface area contributed by atoms with Gasteiger partial charge in [-0.15, -0.1) is 0 Å². The molecule has 1 amide bonds. The lowest BCUT2D eigenvalue weighted by Crippen LogP contribution is -2.37. The highest BCUT2D eigenvalue weighted by Crippen LogP contribution is 2.40. The summed E-state index contributed by atoms with van der Waals surface area (Å²) in [6, 6.07) is 3.50. The standard InChI is InChI=1S/C18H18N4O3S/c1-9-10-4-3-5-11-12-6-15-14(22(2)16(23)8-26(15,24)25)7-13(12)19-17(11)18(10)21-20-9/h6-7,19H,3-5,8H2,1-2H3,(H,20,21). The first kappa shape index (κ1) is 15.6. The molecule has 0 spiro atoms. The van der Waals surface area contributed by atoms with E-state index in [0.717, 1.165) is 52.8 Å². The van der Waals surface area contributed by atoms with Crippen molar-refractivity contribution in [2.45, 2.75) is 31.1 Å². The average Bonchev–Trinajstić information content (AvgIpc) is 3.06. The number of anilines is 1. The van der Waals surface area contributed by atoms with Gasteiger partial charge in [-0.3, -0.25) is 9.89 Å². The summed E-state index contributed by atoms with van der Waals surface area (Å²) >= 11 is 0. The molecule has 1 aromatic carbocycles. The van der Waals surface area contributed by atoms with E-state index in [0.29, 0.717) is 5.69 Å². The molecule has 5 rings (SSSR count). The van der Waals surface area contributed by atoms with E-state index in [9.17, 15) is 13.2 Å². The van der Waals surface area contributed by atoms with E-state index in [1.165, 1.54) is 10.5 Å². The number of fused-ring (bicyclic) bond motifs is 6. The summed E-state index contributed by atoms with van der Waals surface area (Å²) < 4.78 is 25.1. The molecule has 134 valence electrons. The SMILES string of the molecule is Cc1[nH]nc2c1CCCc1c-2[nH]c2cc3c(cc12)S(=O)(=O)CC(=O)N3C. The van der Waals surface area contributed by atoms with Crippen molar-refractivity contribution >= 4 is 32.3 Å². The number of hydrogen-bond acceptors (Lipinski definition) is 4. The fraction of sp³-hybridized carbons (Fsp3) is 0.333. The molecule has 26 heavy (non-hydrogen) atoms. The van der Waals surface area contributed by atoms with E-state index >= 15 is 0 Å². The van der Waals surface area contributed by atoms with Crippen LogP contribution in [0.3, 0.4) is 0 Å². The molecule has 0 bridgehead atoms. The number of aromatic nitrogens is 3. The van der Waals surface area contributed by atoms with E-state index in [2.05, 4.69) is 15.2 Å². The monoisotopic (exact) mass is 370 g/mol. The number of nitrogens with zero attached hydrogens (tertiary/aromatic N) is 2. The van der Waals surface area contributed by atoms with Gasteiger partial charge in [-0.25, -0.2) is 8.42 Å². The van der Waals surface area contributed by atoms with Crippen LogP contribution in [0.2, 0.25) is 0 Å². The first-order valence-corrected chi connectivity index (χ1v) is 10.2. The number of benzene rings is 1. The van der Waals surface area contributed by atoms with Crippen LogP contribution in [0.1, 0.15) is 23.2 Å². The van der Waals surface area contributed by atoms with Crippen molar-refractivity contribution in [1.82, 2.24) is 15.2 Å². The maximum atomic E-state index is 12.6. The smallest absolute Gasteiger partial charge is 0.242 e. The number of carbonyl (C=O) groups is 1. The van der Waals surface area contributed by atoms with Crippen molar-refractivity contribution in [3.63, 3.8) is 0 Å². The molecule has 0 radical (unpaired) electrons. The van der Waals surface area contributed by atoms with E-state index in [1.54, 1.807) is 19.2 Å². The third-order valence-electron chi connectivity index (χ3n) is 5.53. The van der Waals surface area contributed by atoms with Gasteiger partial charge in [0.2, 0.25) is 5.91 Å². The first-order valence-electron chi connectivity index (χ1n) is 8.59. The predicted octanol–water partition coefficient (Wildman–Crippen LogP) is 2.11. The summed E-state index contributed by atoms with van der Waals surface area (Å²) in [5, 5.41) is 8.42. The quantitative estimate of drug-likeness (QED) is 0.633. The van der Waals surface area contributed by atoms with Gasteiger partial charge in [-0.1, -0.05) is 0 Å². The Morgan fingerprint density at radius 3 is 2.77 bits per heavy atom. The topological polar surface area (TPSA) is 98.9 Å². The maximum Gasteiger partial charge on any atom is 0.242 e. The fourth-order valence-corrected chi connectivity index (χ4v) is 5.60. The Hall–Kier alpha value is -2.61. The number of carbonyl (C=O) groups excluding carboxylic acids is 1. The molecule has 0 atom stereocenters. The van der Waals surface area contributed by atoms with Gasteiger partial charge in [0.05, 0.1) is 16.3 Å². The van der Waals surface area contributed by atoms with Gasteiger partial charge in [-0.05, 0) is 43.9 Å². The fourth-order valence-electron chi connectivity index (χ4n) is 4.12. The zero-order valence-electron chi connectivity index (χ0n) is 14.5. The molecule has 0 saturated heterocycles. The Morgan fingerprint density at radius 1 is 1.19 bits per heavy atom. The molecule has 0 fully saturated rings. The average molecular weight is 370 g/mol. The lowest BCUT2D eigenvalue weighted by Gasteiger charge is -2.25. The van der Waals surface area contributed by atoms with Gasteiger partial charge in [0, 0.05) is 29.2 Å². The van der Waals surface area contributed by atoms with Crippen LogP contribution >= 0.6 is 0 Å².